The van der Waals surface area contributed by atoms with E-state index in [-0.39, 0.29) is 5.91 Å². The Kier molecular flexibility index (Phi) is 7.24. The van der Waals surface area contributed by atoms with E-state index in [9.17, 15) is 18.5 Å². The Bertz CT molecular complexity index is 1150. The Hall–Kier alpha value is -2.61. The monoisotopic (exact) mass is 434 g/mol. The fourth-order valence-corrected chi connectivity index (χ4v) is 4.13. The fourth-order valence-electron chi connectivity index (χ4n) is 2.75. The molecule has 154 valence electrons. The summed E-state index contributed by atoms with van der Waals surface area (Å²) in [6.07, 6.45) is 3.18. The van der Waals surface area contributed by atoms with E-state index in [1.165, 1.54) is 0 Å². The van der Waals surface area contributed by atoms with Crippen molar-refractivity contribution in [2.24, 2.45) is 16.6 Å². The van der Waals surface area contributed by atoms with Gasteiger partial charge in [-0.25, -0.2) is 0 Å². The quantitative estimate of drug-likeness (QED) is 0.555. The van der Waals surface area contributed by atoms with Gasteiger partial charge in [-0.1, -0.05) is 19.9 Å². The highest BCUT2D eigenvalue weighted by Gasteiger charge is 2.16. The normalized spacial score (nSPS) is 16.5. The maximum absolute atomic E-state index is 11.4. The molecule has 1 aliphatic rings. The molecule has 0 fully saturated rings. The van der Waals surface area contributed by atoms with Crippen LogP contribution in [0.2, 0.25) is 0 Å². The molecule has 1 aromatic carbocycles. The number of amides is 1. The Morgan fingerprint density at radius 2 is 2.07 bits per heavy atom. The summed E-state index contributed by atoms with van der Waals surface area (Å²) >= 11 is 0. The van der Waals surface area contributed by atoms with Crippen molar-refractivity contribution in [3.05, 3.63) is 41.1 Å². The van der Waals surface area contributed by atoms with Gasteiger partial charge >= 0.3 is 0 Å². The first-order valence-corrected chi connectivity index (χ1v) is 11.9. The lowest BCUT2D eigenvalue weighted by atomic mass is 9.95. The number of hydrogen-bond donors (Lipinski definition) is 2. The van der Waals surface area contributed by atoms with Crippen LogP contribution in [0.5, 0.6) is 0 Å². The Balaban J connectivity index is 0.000000537. The summed E-state index contributed by atoms with van der Waals surface area (Å²) in [6.45, 7) is 4.26. The number of pyridine rings is 1. The number of nitriles is 1. The van der Waals surface area contributed by atoms with Crippen molar-refractivity contribution in [1.82, 2.24) is 4.98 Å². The van der Waals surface area contributed by atoms with Gasteiger partial charge in [-0.2, -0.15) is 18.7 Å². The number of hydrogen-bond acceptors (Lipinski definition) is 6. The Morgan fingerprint density at radius 1 is 1.41 bits per heavy atom. The van der Waals surface area contributed by atoms with Crippen LogP contribution in [0.1, 0.15) is 30.5 Å². The molecule has 8 nitrogen and oxygen atoms in total. The van der Waals surface area contributed by atoms with Crippen LogP contribution in [-0.2, 0) is 21.3 Å². The van der Waals surface area contributed by atoms with Crippen molar-refractivity contribution in [3.8, 4) is 6.07 Å². The average Bonchev–Trinajstić information content (AvgIpc) is 2.90. The maximum atomic E-state index is 11.4. The number of carbonyl (C=O) groups excluding carboxylic acids is 1. The van der Waals surface area contributed by atoms with Gasteiger partial charge in [-0.3, -0.25) is 14.3 Å². The first-order chi connectivity index (χ1) is 13.5. The first kappa shape index (κ1) is 22.7. The van der Waals surface area contributed by atoms with E-state index in [2.05, 4.69) is 29.9 Å². The van der Waals surface area contributed by atoms with Crippen LogP contribution in [0.25, 0.3) is 10.9 Å². The van der Waals surface area contributed by atoms with Gasteiger partial charge in [0.15, 0.2) is 5.17 Å². The Labute approximate surface area is 172 Å². The molecule has 10 heteroatoms. The lowest BCUT2D eigenvalue weighted by molar-refractivity contribution is -0.115. The summed E-state index contributed by atoms with van der Waals surface area (Å²) in [5.74, 6) is 0.619. The van der Waals surface area contributed by atoms with E-state index in [4.69, 9.17) is 10.3 Å². The highest BCUT2D eigenvalue weighted by atomic mass is 32.2. The number of benzene rings is 1. The highest BCUT2D eigenvalue weighted by molar-refractivity contribution is 8.28. The summed E-state index contributed by atoms with van der Waals surface area (Å²) in [5.41, 5.74) is 9.32. The number of amidine groups is 1. The second kappa shape index (κ2) is 9.26. The van der Waals surface area contributed by atoms with Crippen LogP contribution in [-0.4, -0.2) is 46.4 Å². The molecule has 3 N–H and O–H groups in total. The molecule has 1 aliphatic heterocycles. The minimum Gasteiger partial charge on any atom is -0.379 e. The molecule has 0 saturated heterocycles. The van der Waals surface area contributed by atoms with Gasteiger partial charge in [-0.05, 0) is 41.0 Å². The molecule has 2 aromatic rings. The SMILES string of the molecule is CC(C)Cc1c(C#N)cnc2ccc(/C=S3/CC(=O)N=C3N)cc12.CS(=O)(=O)O. The zero-order valence-electron chi connectivity index (χ0n) is 16.3. The van der Waals surface area contributed by atoms with E-state index < -0.39 is 20.6 Å². The highest BCUT2D eigenvalue weighted by Crippen LogP contribution is 2.26. The third-order valence-corrected chi connectivity index (χ3v) is 5.54. The zero-order valence-corrected chi connectivity index (χ0v) is 17.9. The summed E-state index contributed by atoms with van der Waals surface area (Å²) in [7, 11) is -4.12. The van der Waals surface area contributed by atoms with Crippen molar-refractivity contribution >= 4 is 47.9 Å². The van der Waals surface area contributed by atoms with Crippen LogP contribution in [0.4, 0.5) is 0 Å². The second-order valence-electron chi connectivity index (χ2n) is 6.90. The molecule has 29 heavy (non-hydrogen) atoms. The number of aliphatic imine (C=N–C) groups is 1. The number of rotatable bonds is 3. The summed E-state index contributed by atoms with van der Waals surface area (Å²) < 4.78 is 25.9. The standard InChI is InChI=1S/C18H18N4OS.CH4O3S/c1-11(2)5-14-13(7-19)8-21-16-4-3-12(6-15(14)16)9-24-10-17(23)22-18(24)20;1-5(2,3)4/h3-4,6,8-9,11H,5,10H2,1-2H3,(H2,20,22,23);1H3,(H,2,3,4). The topological polar surface area (TPSA) is 146 Å². The van der Waals surface area contributed by atoms with Crippen molar-refractivity contribution in [2.45, 2.75) is 20.3 Å². The van der Waals surface area contributed by atoms with Crippen molar-refractivity contribution in [2.75, 3.05) is 12.0 Å². The van der Waals surface area contributed by atoms with Crippen LogP contribution >= 0.6 is 10.5 Å². The van der Waals surface area contributed by atoms with Crippen molar-refractivity contribution < 1.29 is 17.8 Å². The first-order valence-electron chi connectivity index (χ1n) is 8.63. The van der Waals surface area contributed by atoms with Crippen LogP contribution < -0.4 is 5.73 Å². The molecule has 1 unspecified atom stereocenters. The molecule has 1 atom stereocenters. The zero-order chi connectivity index (χ0) is 21.8. The summed E-state index contributed by atoms with van der Waals surface area (Å²) in [4.78, 5) is 19.6. The van der Waals surface area contributed by atoms with Crippen LogP contribution in [0.15, 0.2) is 29.4 Å². The predicted octanol–water partition coefficient (Wildman–Crippen LogP) is 2.08. The van der Waals surface area contributed by atoms with Gasteiger partial charge in [0.1, 0.15) is 6.07 Å². The number of aromatic nitrogens is 1. The van der Waals surface area contributed by atoms with E-state index in [1.54, 1.807) is 6.20 Å². The minimum atomic E-state index is -3.67. The average molecular weight is 435 g/mol. The molecule has 0 radical (unpaired) electrons. The minimum absolute atomic E-state index is 0.165. The van der Waals surface area contributed by atoms with Gasteiger partial charge in [0, 0.05) is 11.6 Å². The second-order valence-corrected chi connectivity index (χ2v) is 10.2. The lowest BCUT2D eigenvalue weighted by Crippen LogP contribution is -2.06. The number of nitrogens with two attached hydrogens (primary N) is 1. The van der Waals surface area contributed by atoms with E-state index >= 15 is 0 Å². The number of nitrogens with zero attached hydrogens (tertiary/aromatic N) is 3. The van der Waals surface area contributed by atoms with E-state index in [0.717, 1.165) is 28.5 Å². The molecule has 0 bridgehead atoms. The molecule has 3 rings (SSSR count). The molecule has 0 saturated carbocycles. The van der Waals surface area contributed by atoms with Crippen LogP contribution in [0, 0.1) is 17.2 Å². The third-order valence-electron chi connectivity index (χ3n) is 3.80. The molecule has 1 amide bonds. The van der Waals surface area contributed by atoms with Gasteiger partial charge in [0.05, 0.1) is 23.1 Å². The molecule has 0 spiro atoms. The largest absolute Gasteiger partial charge is 0.379 e. The smallest absolute Gasteiger partial charge is 0.261 e. The fraction of sp³-hybridized carbons (Fsp3) is 0.316. The lowest BCUT2D eigenvalue weighted by Gasteiger charge is -2.11. The van der Waals surface area contributed by atoms with Gasteiger partial charge < -0.3 is 5.73 Å². The molecular formula is C19H22N4O4S2. The number of carbonyl (C=O) groups is 1. The molecule has 0 aliphatic carbocycles. The van der Waals surface area contributed by atoms with Crippen molar-refractivity contribution in [3.63, 3.8) is 0 Å². The van der Waals surface area contributed by atoms with E-state index in [1.807, 2.05) is 23.6 Å². The van der Waals surface area contributed by atoms with E-state index in [0.29, 0.717) is 28.7 Å². The summed E-state index contributed by atoms with van der Waals surface area (Å²) in [5, 5.41) is 12.8. The third kappa shape index (κ3) is 6.74. The van der Waals surface area contributed by atoms with Gasteiger partial charge in [-0.15, -0.1) is 10.5 Å². The van der Waals surface area contributed by atoms with Gasteiger partial charge in [0.25, 0.3) is 16.0 Å². The maximum Gasteiger partial charge on any atom is 0.261 e. The molecular weight excluding hydrogens is 412 g/mol. The van der Waals surface area contributed by atoms with Crippen LogP contribution in [0.3, 0.4) is 0 Å². The predicted molar refractivity (Wildman–Crippen MR) is 117 cm³/mol. The number of fused-ring (bicyclic) bond motifs is 1. The Morgan fingerprint density at radius 3 is 2.59 bits per heavy atom. The van der Waals surface area contributed by atoms with Gasteiger partial charge in [0.2, 0.25) is 0 Å². The molecule has 1 aromatic heterocycles. The summed E-state index contributed by atoms with van der Waals surface area (Å²) in [6, 6.07) is 8.18. The molecule has 2 heterocycles. The van der Waals surface area contributed by atoms with Crippen molar-refractivity contribution in [1.29, 1.82) is 5.26 Å².